The van der Waals surface area contributed by atoms with E-state index in [2.05, 4.69) is 29.8 Å². The number of hydrogen-bond donors (Lipinski definition) is 0. The highest BCUT2D eigenvalue weighted by Crippen LogP contribution is 2.31. The second-order valence-electron chi connectivity index (χ2n) is 4.40. The van der Waals surface area contributed by atoms with E-state index >= 15 is 0 Å². The average molecular weight is 204 g/mol. The van der Waals surface area contributed by atoms with Crippen LogP contribution in [0.5, 0.6) is 0 Å². The zero-order valence-electron chi connectivity index (χ0n) is 9.74. The minimum absolute atomic E-state index is 0.575. The van der Waals surface area contributed by atoms with Crippen LogP contribution in [-0.2, 0) is 0 Å². The molecule has 1 aliphatic heterocycles. The van der Waals surface area contributed by atoms with Crippen molar-refractivity contribution in [1.29, 1.82) is 0 Å². The van der Waals surface area contributed by atoms with Gasteiger partial charge < -0.3 is 0 Å². The van der Waals surface area contributed by atoms with Crippen molar-refractivity contribution in [3.63, 3.8) is 0 Å². The van der Waals surface area contributed by atoms with Crippen molar-refractivity contribution < 1.29 is 0 Å². The number of hydrogen-bond acceptors (Lipinski definition) is 2. The lowest BCUT2D eigenvalue weighted by Crippen LogP contribution is -2.25. The third-order valence-electron chi connectivity index (χ3n) is 3.24. The van der Waals surface area contributed by atoms with E-state index in [9.17, 15) is 0 Å². The molecular weight excluding hydrogens is 184 g/mol. The first-order chi connectivity index (χ1) is 7.33. The van der Waals surface area contributed by atoms with Gasteiger partial charge in [-0.1, -0.05) is 13.0 Å². The number of likely N-dealkylation sites (tertiary alicyclic amines) is 1. The molecular formula is C13H20N2. The Labute approximate surface area is 92.3 Å². The Bertz CT molecular complexity index is 322. The van der Waals surface area contributed by atoms with E-state index in [1.165, 1.54) is 43.6 Å². The lowest BCUT2D eigenvalue weighted by Gasteiger charge is -2.24. The molecule has 0 amide bonds. The van der Waals surface area contributed by atoms with E-state index in [0.29, 0.717) is 6.04 Å². The molecule has 0 bridgehead atoms. The molecule has 0 aliphatic carbocycles. The molecule has 2 heterocycles. The molecule has 1 unspecified atom stereocenters. The van der Waals surface area contributed by atoms with Crippen molar-refractivity contribution in [1.82, 2.24) is 9.88 Å². The molecule has 1 aliphatic rings. The number of aryl methyl sites for hydroxylation is 1. The topological polar surface area (TPSA) is 16.1 Å². The number of pyridine rings is 1. The lowest BCUT2D eigenvalue weighted by atomic mass is 10.1. The molecule has 1 fully saturated rings. The summed E-state index contributed by atoms with van der Waals surface area (Å²) in [6.07, 6.45) is 5.76. The summed E-state index contributed by atoms with van der Waals surface area (Å²) in [6.45, 7) is 6.88. The van der Waals surface area contributed by atoms with E-state index in [1.807, 2.05) is 12.3 Å². The molecule has 1 aromatic heterocycles. The summed E-state index contributed by atoms with van der Waals surface area (Å²) in [7, 11) is 0. The van der Waals surface area contributed by atoms with Crippen molar-refractivity contribution in [2.24, 2.45) is 0 Å². The van der Waals surface area contributed by atoms with E-state index in [1.54, 1.807) is 0 Å². The van der Waals surface area contributed by atoms with E-state index in [4.69, 9.17) is 0 Å². The van der Waals surface area contributed by atoms with Gasteiger partial charge in [-0.05, 0) is 50.9 Å². The van der Waals surface area contributed by atoms with Crippen LogP contribution in [0.2, 0.25) is 0 Å². The fourth-order valence-corrected chi connectivity index (χ4v) is 2.54. The van der Waals surface area contributed by atoms with Crippen molar-refractivity contribution in [3.05, 3.63) is 29.6 Å². The van der Waals surface area contributed by atoms with Crippen molar-refractivity contribution in [2.75, 3.05) is 13.1 Å². The van der Waals surface area contributed by atoms with Gasteiger partial charge in [0.05, 0.1) is 11.7 Å². The smallest absolute Gasteiger partial charge is 0.0604 e. The van der Waals surface area contributed by atoms with Gasteiger partial charge in [0, 0.05) is 6.20 Å². The van der Waals surface area contributed by atoms with Crippen LogP contribution in [-0.4, -0.2) is 23.0 Å². The first-order valence-electron chi connectivity index (χ1n) is 5.98. The normalized spacial score (nSPS) is 22.1. The molecule has 2 rings (SSSR count). The van der Waals surface area contributed by atoms with Gasteiger partial charge in [0.1, 0.15) is 0 Å². The fourth-order valence-electron chi connectivity index (χ4n) is 2.54. The second kappa shape index (κ2) is 4.75. The maximum Gasteiger partial charge on any atom is 0.0604 e. The van der Waals surface area contributed by atoms with Gasteiger partial charge in [-0.25, -0.2) is 0 Å². The Morgan fingerprint density at radius 2 is 2.40 bits per heavy atom. The molecule has 1 atom stereocenters. The van der Waals surface area contributed by atoms with E-state index < -0.39 is 0 Å². The summed E-state index contributed by atoms with van der Waals surface area (Å²) in [4.78, 5) is 7.13. The average Bonchev–Trinajstić information content (AvgIpc) is 2.67. The predicted molar refractivity (Wildman–Crippen MR) is 62.8 cm³/mol. The molecule has 1 aromatic rings. The first kappa shape index (κ1) is 10.6. The Balaban J connectivity index is 2.19. The molecule has 0 aromatic carbocycles. The highest BCUT2D eigenvalue weighted by molar-refractivity contribution is 5.21. The molecule has 0 spiro atoms. The lowest BCUT2D eigenvalue weighted by molar-refractivity contribution is 0.253. The van der Waals surface area contributed by atoms with Gasteiger partial charge in [0.15, 0.2) is 0 Å². The monoisotopic (exact) mass is 204 g/mol. The quantitative estimate of drug-likeness (QED) is 0.752. The zero-order chi connectivity index (χ0) is 10.7. The Kier molecular flexibility index (Phi) is 3.37. The van der Waals surface area contributed by atoms with Crippen LogP contribution in [0.3, 0.4) is 0 Å². The highest BCUT2D eigenvalue weighted by atomic mass is 15.2. The van der Waals surface area contributed by atoms with Gasteiger partial charge in [-0.3, -0.25) is 9.88 Å². The Morgan fingerprint density at radius 1 is 1.53 bits per heavy atom. The second-order valence-corrected chi connectivity index (χ2v) is 4.40. The van der Waals surface area contributed by atoms with Gasteiger partial charge in [-0.2, -0.15) is 0 Å². The van der Waals surface area contributed by atoms with Crippen LogP contribution in [0.1, 0.15) is 43.5 Å². The van der Waals surface area contributed by atoms with E-state index in [-0.39, 0.29) is 0 Å². The van der Waals surface area contributed by atoms with Crippen LogP contribution in [0.4, 0.5) is 0 Å². The summed E-state index contributed by atoms with van der Waals surface area (Å²) >= 11 is 0. The summed E-state index contributed by atoms with van der Waals surface area (Å²) in [5.41, 5.74) is 2.63. The Morgan fingerprint density at radius 3 is 3.13 bits per heavy atom. The standard InChI is InChI=1S/C13H20N2/c1-3-9-15-10-5-7-12(15)13-11(2)6-4-8-14-13/h4,6,8,12H,3,5,7,9-10H2,1-2H3. The predicted octanol–water partition coefficient (Wildman–Crippen LogP) is 2.94. The number of nitrogens with zero attached hydrogens (tertiary/aromatic N) is 2. The van der Waals surface area contributed by atoms with Crippen LogP contribution in [0.15, 0.2) is 18.3 Å². The number of aromatic nitrogens is 1. The SMILES string of the molecule is CCCN1CCCC1c1ncccc1C. The minimum atomic E-state index is 0.575. The minimum Gasteiger partial charge on any atom is -0.295 e. The first-order valence-corrected chi connectivity index (χ1v) is 5.98. The zero-order valence-corrected chi connectivity index (χ0v) is 9.74. The van der Waals surface area contributed by atoms with Crippen LogP contribution < -0.4 is 0 Å². The summed E-state index contributed by atoms with van der Waals surface area (Å²) in [6, 6.07) is 4.77. The third kappa shape index (κ3) is 2.20. The van der Waals surface area contributed by atoms with Crippen LogP contribution >= 0.6 is 0 Å². The fraction of sp³-hybridized carbons (Fsp3) is 0.615. The Hall–Kier alpha value is -0.890. The van der Waals surface area contributed by atoms with Gasteiger partial charge in [-0.15, -0.1) is 0 Å². The van der Waals surface area contributed by atoms with Crippen molar-refractivity contribution in [2.45, 2.75) is 39.2 Å². The van der Waals surface area contributed by atoms with Crippen molar-refractivity contribution in [3.8, 4) is 0 Å². The van der Waals surface area contributed by atoms with Crippen LogP contribution in [0.25, 0.3) is 0 Å². The third-order valence-corrected chi connectivity index (χ3v) is 3.24. The summed E-state index contributed by atoms with van der Waals surface area (Å²) in [5.74, 6) is 0. The number of rotatable bonds is 3. The van der Waals surface area contributed by atoms with Crippen LogP contribution in [0, 0.1) is 6.92 Å². The van der Waals surface area contributed by atoms with Crippen molar-refractivity contribution >= 4 is 0 Å². The maximum atomic E-state index is 4.55. The summed E-state index contributed by atoms with van der Waals surface area (Å²) in [5, 5.41) is 0. The molecule has 0 saturated carbocycles. The molecule has 2 nitrogen and oxygen atoms in total. The molecule has 0 radical (unpaired) electrons. The molecule has 15 heavy (non-hydrogen) atoms. The molecule has 0 N–H and O–H groups in total. The highest BCUT2D eigenvalue weighted by Gasteiger charge is 2.26. The van der Waals surface area contributed by atoms with Gasteiger partial charge >= 0.3 is 0 Å². The maximum absolute atomic E-state index is 4.55. The molecule has 2 heteroatoms. The summed E-state index contributed by atoms with van der Waals surface area (Å²) < 4.78 is 0. The molecule has 1 saturated heterocycles. The van der Waals surface area contributed by atoms with Gasteiger partial charge in [0.2, 0.25) is 0 Å². The largest absolute Gasteiger partial charge is 0.295 e. The molecule has 82 valence electrons. The van der Waals surface area contributed by atoms with Gasteiger partial charge in [0.25, 0.3) is 0 Å². The van der Waals surface area contributed by atoms with E-state index in [0.717, 1.165) is 0 Å².